The third kappa shape index (κ3) is 1.78. The van der Waals surface area contributed by atoms with Gasteiger partial charge in [0.1, 0.15) is 5.02 Å². The van der Waals surface area contributed by atoms with Gasteiger partial charge in [-0.25, -0.2) is 4.98 Å². The standard InChI is InChI=1S/C8H6ClN3OS/c9-6-7(10-4-11-8(6)13)12-5-1-2-14-3-5/h1-4H,(H2,10,11,12,13). The quantitative estimate of drug-likeness (QED) is 0.827. The summed E-state index contributed by atoms with van der Waals surface area (Å²) in [5.74, 6) is 0.369. The van der Waals surface area contributed by atoms with Crippen molar-refractivity contribution in [1.82, 2.24) is 9.97 Å². The molecule has 0 saturated carbocycles. The molecular weight excluding hydrogens is 222 g/mol. The van der Waals surface area contributed by atoms with E-state index in [1.165, 1.54) is 6.33 Å². The topological polar surface area (TPSA) is 57.8 Å². The van der Waals surface area contributed by atoms with E-state index in [-0.39, 0.29) is 10.6 Å². The number of anilines is 2. The summed E-state index contributed by atoms with van der Waals surface area (Å²) in [5, 5.41) is 6.83. The molecule has 0 aliphatic rings. The fourth-order valence-corrected chi connectivity index (χ4v) is 1.68. The van der Waals surface area contributed by atoms with Gasteiger partial charge >= 0.3 is 0 Å². The fourth-order valence-electron chi connectivity index (χ4n) is 0.942. The normalized spacial score (nSPS) is 10.1. The van der Waals surface area contributed by atoms with Crippen molar-refractivity contribution >= 4 is 34.4 Å². The van der Waals surface area contributed by atoms with Gasteiger partial charge in [0.05, 0.1) is 12.0 Å². The van der Waals surface area contributed by atoms with E-state index in [4.69, 9.17) is 11.6 Å². The third-order valence-corrected chi connectivity index (χ3v) is 2.61. The van der Waals surface area contributed by atoms with E-state index in [2.05, 4.69) is 15.3 Å². The van der Waals surface area contributed by atoms with Gasteiger partial charge in [-0.2, -0.15) is 11.3 Å². The Morgan fingerprint density at radius 3 is 3.14 bits per heavy atom. The van der Waals surface area contributed by atoms with Crippen molar-refractivity contribution < 1.29 is 0 Å². The Hall–Kier alpha value is -1.33. The summed E-state index contributed by atoms with van der Waals surface area (Å²) >= 11 is 7.29. The van der Waals surface area contributed by atoms with Crippen LogP contribution in [0.5, 0.6) is 0 Å². The maximum atomic E-state index is 11.1. The molecule has 0 spiro atoms. The van der Waals surface area contributed by atoms with Crippen LogP contribution in [0, 0.1) is 0 Å². The lowest BCUT2D eigenvalue weighted by Crippen LogP contribution is -2.09. The lowest BCUT2D eigenvalue weighted by Gasteiger charge is -2.02. The minimum Gasteiger partial charge on any atom is -0.338 e. The smallest absolute Gasteiger partial charge is 0.271 e. The van der Waals surface area contributed by atoms with Crippen LogP contribution in [0.1, 0.15) is 0 Å². The van der Waals surface area contributed by atoms with Gasteiger partial charge in [-0.1, -0.05) is 11.6 Å². The second-order valence-corrected chi connectivity index (χ2v) is 3.69. The average molecular weight is 228 g/mol. The van der Waals surface area contributed by atoms with Crippen molar-refractivity contribution in [1.29, 1.82) is 0 Å². The summed E-state index contributed by atoms with van der Waals surface area (Å²) < 4.78 is 0. The van der Waals surface area contributed by atoms with Crippen molar-refractivity contribution in [3.8, 4) is 0 Å². The molecule has 2 heterocycles. The van der Waals surface area contributed by atoms with Crippen molar-refractivity contribution in [3.63, 3.8) is 0 Å². The second-order valence-electron chi connectivity index (χ2n) is 2.53. The van der Waals surface area contributed by atoms with Crippen LogP contribution in [0.25, 0.3) is 0 Å². The first-order valence-electron chi connectivity index (χ1n) is 3.80. The number of aromatic amines is 1. The van der Waals surface area contributed by atoms with Gasteiger partial charge in [0.25, 0.3) is 5.56 Å². The van der Waals surface area contributed by atoms with E-state index in [9.17, 15) is 4.79 Å². The zero-order chi connectivity index (χ0) is 9.97. The summed E-state index contributed by atoms with van der Waals surface area (Å²) in [5.41, 5.74) is 0.523. The molecule has 2 rings (SSSR count). The van der Waals surface area contributed by atoms with Crippen LogP contribution in [-0.4, -0.2) is 9.97 Å². The Kier molecular flexibility index (Phi) is 2.51. The summed E-state index contributed by atoms with van der Waals surface area (Å²) in [6.07, 6.45) is 1.31. The number of thiophene rings is 1. The van der Waals surface area contributed by atoms with Gasteiger partial charge in [-0.15, -0.1) is 0 Å². The summed E-state index contributed by atoms with van der Waals surface area (Å²) in [6, 6.07) is 1.88. The number of halogens is 1. The third-order valence-electron chi connectivity index (χ3n) is 1.58. The van der Waals surface area contributed by atoms with Gasteiger partial charge in [0.2, 0.25) is 0 Å². The zero-order valence-electron chi connectivity index (χ0n) is 6.95. The van der Waals surface area contributed by atoms with E-state index in [1.807, 2.05) is 16.8 Å². The monoisotopic (exact) mass is 227 g/mol. The lowest BCUT2D eigenvalue weighted by atomic mass is 10.5. The number of hydrogen-bond acceptors (Lipinski definition) is 4. The van der Waals surface area contributed by atoms with Crippen LogP contribution in [0.3, 0.4) is 0 Å². The largest absolute Gasteiger partial charge is 0.338 e. The maximum absolute atomic E-state index is 11.1. The molecule has 0 amide bonds. The van der Waals surface area contributed by atoms with Crippen molar-refractivity contribution in [3.05, 3.63) is 38.5 Å². The number of aromatic nitrogens is 2. The summed E-state index contributed by atoms with van der Waals surface area (Å²) in [7, 11) is 0. The molecule has 0 saturated heterocycles. The first-order valence-corrected chi connectivity index (χ1v) is 5.12. The molecule has 0 bridgehead atoms. The van der Waals surface area contributed by atoms with Gasteiger partial charge < -0.3 is 10.3 Å². The number of nitrogens with zero attached hydrogens (tertiary/aromatic N) is 1. The Morgan fingerprint density at radius 1 is 1.57 bits per heavy atom. The SMILES string of the molecule is O=c1[nH]cnc(Nc2ccsc2)c1Cl. The van der Waals surface area contributed by atoms with Crippen LogP contribution in [-0.2, 0) is 0 Å². The molecule has 2 N–H and O–H groups in total. The van der Waals surface area contributed by atoms with Crippen LogP contribution >= 0.6 is 22.9 Å². The molecule has 0 aromatic carbocycles. The van der Waals surface area contributed by atoms with Crippen LogP contribution < -0.4 is 10.9 Å². The molecule has 2 aromatic rings. The van der Waals surface area contributed by atoms with Gasteiger partial charge in [0.15, 0.2) is 5.82 Å². The highest BCUT2D eigenvalue weighted by molar-refractivity contribution is 7.08. The molecule has 0 fully saturated rings. The van der Waals surface area contributed by atoms with Gasteiger partial charge in [0, 0.05) is 5.38 Å². The summed E-state index contributed by atoms with van der Waals surface area (Å²) in [4.78, 5) is 17.4. The highest BCUT2D eigenvalue weighted by Crippen LogP contribution is 2.20. The second kappa shape index (κ2) is 3.81. The maximum Gasteiger partial charge on any atom is 0.271 e. The van der Waals surface area contributed by atoms with Crippen molar-refractivity contribution in [2.75, 3.05) is 5.32 Å². The predicted octanol–water partition coefficient (Wildman–Crippen LogP) is 2.23. The Morgan fingerprint density at radius 2 is 2.43 bits per heavy atom. The molecule has 0 radical (unpaired) electrons. The molecule has 72 valence electrons. The first kappa shape index (κ1) is 9.23. The van der Waals surface area contributed by atoms with E-state index < -0.39 is 0 Å². The average Bonchev–Trinajstić information content (AvgIpc) is 2.66. The number of H-pyrrole nitrogens is 1. The Labute approximate surface area is 88.6 Å². The summed E-state index contributed by atoms with van der Waals surface area (Å²) in [6.45, 7) is 0. The van der Waals surface area contributed by atoms with E-state index in [1.54, 1.807) is 11.3 Å². The molecule has 4 nitrogen and oxygen atoms in total. The van der Waals surface area contributed by atoms with E-state index in [0.29, 0.717) is 5.82 Å². The molecule has 14 heavy (non-hydrogen) atoms. The van der Waals surface area contributed by atoms with Crippen LogP contribution in [0.4, 0.5) is 11.5 Å². The first-order chi connectivity index (χ1) is 6.77. The predicted molar refractivity (Wildman–Crippen MR) is 57.5 cm³/mol. The van der Waals surface area contributed by atoms with Crippen molar-refractivity contribution in [2.24, 2.45) is 0 Å². The fraction of sp³-hybridized carbons (Fsp3) is 0. The molecular formula is C8H6ClN3OS. The molecule has 0 aliphatic carbocycles. The van der Waals surface area contributed by atoms with E-state index >= 15 is 0 Å². The molecule has 2 aromatic heterocycles. The Balaban J connectivity index is 2.34. The Bertz CT molecular complexity index is 480. The van der Waals surface area contributed by atoms with Crippen LogP contribution in [0.2, 0.25) is 5.02 Å². The molecule has 0 aliphatic heterocycles. The van der Waals surface area contributed by atoms with Crippen molar-refractivity contribution in [2.45, 2.75) is 0 Å². The highest BCUT2D eigenvalue weighted by Gasteiger charge is 2.05. The van der Waals surface area contributed by atoms with E-state index in [0.717, 1.165) is 5.69 Å². The lowest BCUT2D eigenvalue weighted by molar-refractivity contribution is 1.12. The number of hydrogen-bond donors (Lipinski definition) is 2. The number of rotatable bonds is 2. The highest BCUT2D eigenvalue weighted by atomic mass is 35.5. The van der Waals surface area contributed by atoms with Gasteiger partial charge in [-0.3, -0.25) is 4.79 Å². The molecule has 0 unspecified atom stereocenters. The number of nitrogens with one attached hydrogen (secondary N) is 2. The van der Waals surface area contributed by atoms with Gasteiger partial charge in [-0.05, 0) is 11.4 Å². The molecule has 6 heteroatoms. The zero-order valence-corrected chi connectivity index (χ0v) is 8.52. The minimum atomic E-state index is -0.348. The molecule has 0 atom stereocenters. The minimum absolute atomic E-state index is 0.0682. The van der Waals surface area contributed by atoms with Crippen LogP contribution in [0.15, 0.2) is 27.9 Å².